The third kappa shape index (κ3) is 6.00. The summed E-state index contributed by atoms with van der Waals surface area (Å²) in [6, 6.07) is 73.5. The lowest BCUT2D eigenvalue weighted by molar-refractivity contribution is 1.21. The zero-order chi connectivity index (χ0) is 50.2. The predicted molar refractivity (Wildman–Crippen MR) is 310 cm³/mol. The predicted octanol–water partition coefficient (Wildman–Crippen LogP) is 15.4. The molecule has 76 heavy (non-hydrogen) atoms. The SMILES string of the molecule is O=c1c2cc(-c3ccccc3)ccc2n2c3c1cc(-c1ccccc1)cc3c1c3nc(-c4ccccn4)c(-c4ccccn4)nc3c3c4cc(-c5ccccc5)cc5c(=O)c6cc(-c7ccccc7)ccc6n(c54)c3c12. The minimum Gasteiger partial charge on any atom is -0.306 e. The number of nitrogens with zero attached hydrogens (tertiary/aromatic N) is 6. The third-order valence-corrected chi connectivity index (χ3v) is 15.4. The van der Waals surface area contributed by atoms with Crippen LogP contribution >= 0.6 is 0 Å². The molecule has 0 bridgehead atoms. The fourth-order valence-corrected chi connectivity index (χ4v) is 12.1. The Labute approximate surface area is 432 Å². The molecule has 0 aliphatic heterocycles. The van der Waals surface area contributed by atoms with E-state index in [0.717, 1.165) is 99.2 Å². The molecule has 0 radical (unpaired) electrons. The van der Waals surface area contributed by atoms with E-state index in [9.17, 15) is 0 Å². The largest absolute Gasteiger partial charge is 0.306 e. The van der Waals surface area contributed by atoms with Gasteiger partial charge in [0.25, 0.3) is 0 Å². The van der Waals surface area contributed by atoms with Gasteiger partial charge >= 0.3 is 0 Å². The number of aromatic nitrogens is 6. The van der Waals surface area contributed by atoms with Crippen molar-refractivity contribution in [2.75, 3.05) is 0 Å². The van der Waals surface area contributed by atoms with E-state index in [2.05, 4.69) is 106 Å². The molecule has 0 unspecified atom stereocenters. The Balaban J connectivity index is 1.22. The lowest BCUT2D eigenvalue weighted by Gasteiger charge is -2.13. The van der Waals surface area contributed by atoms with Gasteiger partial charge in [0.1, 0.15) is 22.4 Å². The molecule has 9 aromatic carbocycles. The number of fused-ring (bicyclic) bond motifs is 14. The second kappa shape index (κ2) is 16.0. The molecule has 7 heterocycles. The Hall–Kier alpha value is -10.4. The van der Waals surface area contributed by atoms with Crippen LogP contribution in [0, 0.1) is 0 Å². The van der Waals surface area contributed by atoms with Crippen LogP contribution in [0.5, 0.6) is 0 Å². The summed E-state index contributed by atoms with van der Waals surface area (Å²) in [6.07, 6.45) is 3.54. The summed E-state index contributed by atoms with van der Waals surface area (Å²) in [7, 11) is 0. The Kier molecular flexibility index (Phi) is 8.88. The van der Waals surface area contributed by atoms with Gasteiger partial charge in [0.2, 0.25) is 0 Å². The lowest BCUT2D eigenvalue weighted by atomic mass is 9.96. The monoisotopic (exact) mass is 970 g/mol. The van der Waals surface area contributed by atoms with E-state index < -0.39 is 0 Å². The molecule has 0 atom stereocenters. The zero-order valence-electron chi connectivity index (χ0n) is 40.4. The molecule has 0 saturated heterocycles. The highest BCUT2D eigenvalue weighted by Crippen LogP contribution is 2.49. The van der Waals surface area contributed by atoms with Crippen molar-refractivity contribution in [2.24, 2.45) is 0 Å². The molecule has 16 aromatic rings. The summed E-state index contributed by atoms with van der Waals surface area (Å²) in [5.41, 5.74) is 16.0. The average Bonchev–Trinajstić information content (AvgIpc) is 4.11. The first-order chi connectivity index (χ1) is 37.6. The van der Waals surface area contributed by atoms with E-state index in [1.165, 1.54) is 0 Å². The van der Waals surface area contributed by atoms with Crippen molar-refractivity contribution in [1.29, 1.82) is 0 Å². The molecule has 0 N–H and O–H groups in total. The number of pyridine rings is 4. The van der Waals surface area contributed by atoms with Crippen LogP contribution in [0.2, 0.25) is 0 Å². The average molecular weight is 971 g/mol. The van der Waals surface area contributed by atoms with Crippen molar-refractivity contribution in [3.05, 3.63) is 251 Å². The molecule has 0 aliphatic carbocycles. The summed E-state index contributed by atoms with van der Waals surface area (Å²) in [6.45, 7) is 0. The minimum absolute atomic E-state index is 0.0649. The molecule has 0 amide bonds. The maximum atomic E-state index is 15.6. The number of hydrogen-bond donors (Lipinski definition) is 0. The number of hydrogen-bond acceptors (Lipinski definition) is 6. The van der Waals surface area contributed by atoms with Crippen LogP contribution in [0.25, 0.3) is 155 Å². The highest BCUT2D eigenvalue weighted by atomic mass is 16.1. The van der Waals surface area contributed by atoms with Crippen LogP contribution in [-0.2, 0) is 0 Å². The van der Waals surface area contributed by atoms with Gasteiger partial charge < -0.3 is 8.80 Å². The molecule has 0 fully saturated rings. The molecular formula is C68H38N6O2. The number of benzene rings is 9. The van der Waals surface area contributed by atoms with E-state index in [4.69, 9.17) is 19.9 Å². The van der Waals surface area contributed by atoms with Crippen LogP contribution in [0.1, 0.15) is 0 Å². The first kappa shape index (κ1) is 42.1. The molecule has 0 spiro atoms. The molecule has 8 heteroatoms. The van der Waals surface area contributed by atoms with Gasteiger partial charge in [-0.25, -0.2) is 9.97 Å². The van der Waals surface area contributed by atoms with Crippen molar-refractivity contribution in [3.63, 3.8) is 0 Å². The molecular weight excluding hydrogens is 933 g/mol. The normalized spacial score (nSPS) is 12.1. The minimum atomic E-state index is -0.0649. The Morgan fingerprint density at radius 2 is 0.632 bits per heavy atom. The fraction of sp³-hybridized carbons (Fsp3) is 0. The second-order valence-electron chi connectivity index (χ2n) is 19.6. The van der Waals surface area contributed by atoms with Gasteiger partial charge in [-0.05, 0) is 117 Å². The summed E-state index contributed by atoms with van der Waals surface area (Å²) in [5, 5.41) is 5.69. The van der Waals surface area contributed by atoms with Crippen LogP contribution in [-0.4, -0.2) is 28.7 Å². The van der Waals surface area contributed by atoms with E-state index in [-0.39, 0.29) is 10.9 Å². The van der Waals surface area contributed by atoms with Crippen LogP contribution < -0.4 is 10.9 Å². The van der Waals surface area contributed by atoms with Gasteiger partial charge in [0, 0.05) is 55.5 Å². The summed E-state index contributed by atoms with van der Waals surface area (Å²) < 4.78 is 4.59. The van der Waals surface area contributed by atoms with Crippen molar-refractivity contribution < 1.29 is 0 Å². The van der Waals surface area contributed by atoms with Gasteiger partial charge in [-0.15, -0.1) is 0 Å². The van der Waals surface area contributed by atoms with E-state index >= 15 is 9.59 Å². The Morgan fingerprint density at radius 1 is 0.289 bits per heavy atom. The molecule has 0 saturated carbocycles. The van der Waals surface area contributed by atoms with Gasteiger partial charge in [-0.3, -0.25) is 19.6 Å². The standard InChI is InChI=1S/C68H38N6O2/c75-67-47-33-43(39-17-5-1-6-18-39)27-29-55(47)73-63-49(35-45(37-51(63)67)41-21-9-3-10-22-41)57-61-62(72-60(54-26-14-16-32-70-54)59(71-61)53-25-13-15-31-69-53)58-50-36-46(42-23-11-4-12-24-42)38-52-64(50)74(66(58)65(57)73)56-30-28-44(34-48(56)68(52)76)40-19-7-2-8-20-40/h1-38H. The lowest BCUT2D eigenvalue weighted by Crippen LogP contribution is -2.08. The van der Waals surface area contributed by atoms with E-state index in [1.54, 1.807) is 12.4 Å². The molecule has 8 nitrogen and oxygen atoms in total. The van der Waals surface area contributed by atoms with Gasteiger partial charge in [-0.2, -0.15) is 0 Å². The molecule has 0 aliphatic rings. The molecule has 7 aromatic heterocycles. The van der Waals surface area contributed by atoms with E-state index in [1.807, 2.05) is 121 Å². The van der Waals surface area contributed by atoms with Crippen LogP contribution in [0.4, 0.5) is 0 Å². The van der Waals surface area contributed by atoms with Crippen molar-refractivity contribution in [2.45, 2.75) is 0 Å². The smallest absolute Gasteiger partial charge is 0.197 e. The van der Waals surface area contributed by atoms with E-state index in [0.29, 0.717) is 55.4 Å². The Bertz CT molecular complexity index is 4840. The van der Waals surface area contributed by atoms with Crippen LogP contribution in [0.15, 0.2) is 240 Å². The summed E-state index contributed by atoms with van der Waals surface area (Å²) in [4.78, 5) is 52.7. The van der Waals surface area contributed by atoms with Gasteiger partial charge in [0.15, 0.2) is 10.9 Å². The van der Waals surface area contributed by atoms with Gasteiger partial charge in [0.05, 0.1) is 44.5 Å². The highest BCUT2D eigenvalue weighted by Gasteiger charge is 2.31. The topological polar surface area (TPSA) is 94.5 Å². The van der Waals surface area contributed by atoms with Gasteiger partial charge in [-0.1, -0.05) is 146 Å². The van der Waals surface area contributed by atoms with Crippen molar-refractivity contribution >= 4 is 87.2 Å². The second-order valence-corrected chi connectivity index (χ2v) is 19.6. The van der Waals surface area contributed by atoms with Crippen molar-refractivity contribution in [1.82, 2.24) is 28.7 Å². The first-order valence-corrected chi connectivity index (χ1v) is 25.4. The van der Waals surface area contributed by atoms with Crippen molar-refractivity contribution in [3.8, 4) is 67.3 Å². The van der Waals surface area contributed by atoms with Crippen LogP contribution in [0.3, 0.4) is 0 Å². The molecule has 352 valence electrons. The Morgan fingerprint density at radius 3 is 1.00 bits per heavy atom. The fourth-order valence-electron chi connectivity index (χ4n) is 12.1. The zero-order valence-corrected chi connectivity index (χ0v) is 40.4. The maximum absolute atomic E-state index is 15.6. The third-order valence-electron chi connectivity index (χ3n) is 15.4. The first-order valence-electron chi connectivity index (χ1n) is 25.4. The summed E-state index contributed by atoms with van der Waals surface area (Å²) >= 11 is 0. The highest BCUT2D eigenvalue weighted by molar-refractivity contribution is 6.38. The maximum Gasteiger partial charge on any atom is 0.197 e. The number of rotatable bonds is 6. The quantitative estimate of drug-likeness (QED) is 0.154. The molecule has 16 rings (SSSR count). The summed E-state index contributed by atoms with van der Waals surface area (Å²) in [5.74, 6) is 0.